The average molecular weight is 259 g/mol. The Labute approximate surface area is 112 Å². The van der Waals surface area contributed by atoms with Crippen molar-refractivity contribution in [2.24, 2.45) is 0 Å². The van der Waals surface area contributed by atoms with Crippen molar-refractivity contribution in [2.45, 2.75) is 26.1 Å². The van der Waals surface area contributed by atoms with E-state index in [1.165, 1.54) is 0 Å². The molecule has 0 bridgehead atoms. The molecule has 2 heterocycles. The molecule has 1 aromatic carbocycles. The largest absolute Gasteiger partial charge is 0.372 e. The molecule has 6 heteroatoms. The number of morpholine rings is 1. The van der Waals surface area contributed by atoms with Crippen LogP contribution in [0.1, 0.15) is 13.8 Å². The van der Waals surface area contributed by atoms with Gasteiger partial charge in [0.2, 0.25) is 0 Å². The first-order chi connectivity index (χ1) is 9.24. The molecule has 1 aliphatic heterocycles. The minimum Gasteiger partial charge on any atom is -0.372 e. The number of tetrazole rings is 1. The van der Waals surface area contributed by atoms with E-state index >= 15 is 0 Å². The average Bonchev–Trinajstić information content (AvgIpc) is 2.88. The standard InChI is InChI=1S/C13H17N5O/c1-10-8-17(9-11(2)19-10)13-14-15-16-18(13)12-6-4-3-5-7-12/h3-7,10-11H,8-9H2,1-2H3/t10-,11+. The molecular formula is C13H17N5O. The summed E-state index contributed by atoms with van der Waals surface area (Å²) in [6, 6.07) is 9.92. The van der Waals surface area contributed by atoms with Crippen molar-refractivity contribution in [1.82, 2.24) is 20.2 Å². The number of benzene rings is 1. The topological polar surface area (TPSA) is 56.1 Å². The van der Waals surface area contributed by atoms with Gasteiger partial charge in [0.25, 0.3) is 5.95 Å². The fourth-order valence-corrected chi connectivity index (χ4v) is 2.46. The first kappa shape index (κ1) is 12.1. The fourth-order valence-electron chi connectivity index (χ4n) is 2.46. The molecule has 2 atom stereocenters. The third-order valence-corrected chi connectivity index (χ3v) is 3.16. The van der Waals surface area contributed by atoms with Crippen LogP contribution in [0.25, 0.3) is 5.69 Å². The van der Waals surface area contributed by atoms with Crippen molar-refractivity contribution in [3.63, 3.8) is 0 Å². The summed E-state index contributed by atoms with van der Waals surface area (Å²) in [5, 5.41) is 12.0. The van der Waals surface area contributed by atoms with Crippen LogP contribution in [-0.2, 0) is 4.74 Å². The molecule has 19 heavy (non-hydrogen) atoms. The summed E-state index contributed by atoms with van der Waals surface area (Å²) in [5.41, 5.74) is 0.967. The molecule has 0 saturated carbocycles. The maximum absolute atomic E-state index is 5.74. The number of hydrogen-bond acceptors (Lipinski definition) is 5. The minimum atomic E-state index is 0.185. The van der Waals surface area contributed by atoms with Crippen LogP contribution in [0.15, 0.2) is 30.3 Å². The van der Waals surface area contributed by atoms with Gasteiger partial charge >= 0.3 is 0 Å². The highest BCUT2D eigenvalue weighted by atomic mass is 16.5. The lowest BCUT2D eigenvalue weighted by Gasteiger charge is -2.35. The third-order valence-electron chi connectivity index (χ3n) is 3.16. The molecule has 0 amide bonds. The van der Waals surface area contributed by atoms with Gasteiger partial charge in [0.15, 0.2) is 0 Å². The highest BCUT2D eigenvalue weighted by Crippen LogP contribution is 2.19. The lowest BCUT2D eigenvalue weighted by molar-refractivity contribution is -0.00583. The second-order valence-corrected chi connectivity index (χ2v) is 4.89. The zero-order valence-electron chi connectivity index (χ0n) is 11.1. The van der Waals surface area contributed by atoms with Crippen molar-refractivity contribution in [2.75, 3.05) is 18.0 Å². The van der Waals surface area contributed by atoms with Crippen LogP contribution >= 0.6 is 0 Å². The summed E-state index contributed by atoms with van der Waals surface area (Å²) in [4.78, 5) is 2.17. The molecule has 3 rings (SSSR count). The van der Waals surface area contributed by atoms with Crippen LogP contribution in [0.2, 0.25) is 0 Å². The lowest BCUT2D eigenvalue weighted by atomic mass is 10.2. The Bertz CT molecular complexity index is 531. The monoisotopic (exact) mass is 259 g/mol. The summed E-state index contributed by atoms with van der Waals surface area (Å²) in [7, 11) is 0. The number of para-hydroxylation sites is 1. The van der Waals surface area contributed by atoms with Crippen molar-refractivity contribution >= 4 is 5.95 Å². The van der Waals surface area contributed by atoms with Gasteiger partial charge in [-0.3, -0.25) is 0 Å². The van der Waals surface area contributed by atoms with E-state index in [1.54, 1.807) is 4.68 Å². The number of anilines is 1. The Morgan fingerprint density at radius 3 is 2.47 bits per heavy atom. The smallest absolute Gasteiger partial charge is 0.250 e. The minimum absolute atomic E-state index is 0.185. The van der Waals surface area contributed by atoms with Crippen LogP contribution < -0.4 is 4.90 Å². The number of hydrogen-bond donors (Lipinski definition) is 0. The van der Waals surface area contributed by atoms with Crippen LogP contribution in [-0.4, -0.2) is 45.5 Å². The van der Waals surface area contributed by atoms with Gasteiger partial charge in [0, 0.05) is 13.1 Å². The molecule has 100 valence electrons. The van der Waals surface area contributed by atoms with Gasteiger partial charge < -0.3 is 9.64 Å². The van der Waals surface area contributed by atoms with Crippen LogP contribution in [0, 0.1) is 0 Å². The summed E-state index contributed by atoms with van der Waals surface area (Å²) < 4.78 is 7.51. The van der Waals surface area contributed by atoms with Gasteiger partial charge in [-0.1, -0.05) is 23.3 Å². The molecular weight excluding hydrogens is 242 g/mol. The van der Waals surface area contributed by atoms with Crippen molar-refractivity contribution in [1.29, 1.82) is 0 Å². The Balaban J connectivity index is 1.92. The summed E-state index contributed by atoms with van der Waals surface area (Å²) in [5.74, 6) is 0.771. The van der Waals surface area contributed by atoms with E-state index in [-0.39, 0.29) is 12.2 Å². The number of nitrogens with zero attached hydrogens (tertiary/aromatic N) is 5. The highest BCUT2D eigenvalue weighted by molar-refractivity contribution is 5.41. The van der Waals surface area contributed by atoms with E-state index in [4.69, 9.17) is 4.74 Å². The Hall–Kier alpha value is -1.95. The SMILES string of the molecule is C[C@@H]1CN(c2nnnn2-c2ccccc2)C[C@H](C)O1. The second kappa shape index (κ2) is 4.97. The zero-order valence-corrected chi connectivity index (χ0v) is 11.1. The molecule has 1 aromatic heterocycles. The molecule has 6 nitrogen and oxygen atoms in total. The second-order valence-electron chi connectivity index (χ2n) is 4.89. The van der Waals surface area contributed by atoms with Gasteiger partial charge in [0.05, 0.1) is 17.9 Å². The van der Waals surface area contributed by atoms with Gasteiger partial charge in [0.1, 0.15) is 0 Å². The predicted octanol–water partition coefficient (Wildman–Crippen LogP) is 1.28. The molecule has 0 N–H and O–H groups in total. The van der Waals surface area contributed by atoms with E-state index in [2.05, 4.69) is 34.3 Å². The van der Waals surface area contributed by atoms with Gasteiger partial charge in [-0.15, -0.1) is 0 Å². The van der Waals surface area contributed by atoms with E-state index in [1.807, 2.05) is 30.3 Å². The maximum atomic E-state index is 5.74. The number of aromatic nitrogens is 4. The highest BCUT2D eigenvalue weighted by Gasteiger charge is 2.26. The van der Waals surface area contributed by atoms with Gasteiger partial charge in [-0.05, 0) is 36.4 Å². The molecule has 0 aliphatic carbocycles. The first-order valence-electron chi connectivity index (χ1n) is 6.48. The van der Waals surface area contributed by atoms with Gasteiger partial charge in [-0.25, -0.2) is 0 Å². The fraction of sp³-hybridized carbons (Fsp3) is 0.462. The number of rotatable bonds is 2. The van der Waals surface area contributed by atoms with E-state index < -0.39 is 0 Å². The van der Waals surface area contributed by atoms with E-state index in [0.29, 0.717) is 0 Å². The van der Waals surface area contributed by atoms with Crippen molar-refractivity contribution in [3.05, 3.63) is 30.3 Å². The van der Waals surface area contributed by atoms with E-state index in [0.717, 1.165) is 24.7 Å². The molecule has 2 aromatic rings. The van der Waals surface area contributed by atoms with Crippen LogP contribution in [0.3, 0.4) is 0 Å². The predicted molar refractivity (Wildman–Crippen MR) is 71.4 cm³/mol. The normalized spacial score (nSPS) is 23.6. The molecule has 1 saturated heterocycles. The summed E-state index contributed by atoms with van der Waals surface area (Å²) >= 11 is 0. The quantitative estimate of drug-likeness (QED) is 0.813. The van der Waals surface area contributed by atoms with Crippen molar-refractivity contribution < 1.29 is 4.74 Å². The molecule has 0 unspecified atom stereocenters. The Morgan fingerprint density at radius 2 is 1.79 bits per heavy atom. The molecule has 0 spiro atoms. The van der Waals surface area contributed by atoms with Crippen LogP contribution in [0.5, 0.6) is 0 Å². The maximum Gasteiger partial charge on any atom is 0.250 e. The summed E-state index contributed by atoms with van der Waals surface area (Å²) in [6.45, 7) is 5.74. The Kier molecular flexibility index (Phi) is 3.16. The molecule has 1 aliphatic rings. The summed E-state index contributed by atoms with van der Waals surface area (Å²) in [6.07, 6.45) is 0.370. The third kappa shape index (κ3) is 2.44. The zero-order chi connectivity index (χ0) is 13.2. The molecule has 0 radical (unpaired) electrons. The Morgan fingerprint density at radius 1 is 1.11 bits per heavy atom. The number of ether oxygens (including phenoxy) is 1. The van der Waals surface area contributed by atoms with E-state index in [9.17, 15) is 0 Å². The first-order valence-corrected chi connectivity index (χ1v) is 6.48. The van der Waals surface area contributed by atoms with Gasteiger partial charge in [-0.2, -0.15) is 4.68 Å². The van der Waals surface area contributed by atoms with Crippen molar-refractivity contribution in [3.8, 4) is 5.69 Å². The van der Waals surface area contributed by atoms with Crippen LogP contribution in [0.4, 0.5) is 5.95 Å². The molecule has 1 fully saturated rings. The lowest BCUT2D eigenvalue weighted by Crippen LogP contribution is -2.46.